The third-order valence-corrected chi connectivity index (χ3v) is 5.65. The first-order valence-electron chi connectivity index (χ1n) is 9.59. The van der Waals surface area contributed by atoms with Crippen LogP contribution in [-0.2, 0) is 22.6 Å². The molecule has 2 aliphatic heterocycles. The molecule has 152 valence electrons. The van der Waals surface area contributed by atoms with Gasteiger partial charge in [-0.1, -0.05) is 12.1 Å². The predicted molar refractivity (Wildman–Crippen MR) is 106 cm³/mol. The lowest BCUT2D eigenvalue weighted by Gasteiger charge is -2.31. The fourth-order valence-corrected chi connectivity index (χ4v) is 4.11. The molecule has 2 aromatic carbocycles. The minimum atomic E-state index is -0.469. The average Bonchev–Trinajstić information content (AvgIpc) is 3.13. The number of methoxy groups -OCH3 is 2. The summed E-state index contributed by atoms with van der Waals surface area (Å²) < 4.78 is 24.8. The molecule has 0 bridgehead atoms. The van der Waals surface area contributed by atoms with E-state index in [4.69, 9.17) is 9.47 Å². The minimum Gasteiger partial charge on any atom is -0.493 e. The van der Waals surface area contributed by atoms with Gasteiger partial charge in [0.25, 0.3) is 0 Å². The Kier molecular flexibility index (Phi) is 5.13. The Morgan fingerprint density at radius 3 is 2.48 bits per heavy atom. The van der Waals surface area contributed by atoms with Crippen LogP contribution in [0.25, 0.3) is 0 Å². The summed E-state index contributed by atoms with van der Waals surface area (Å²) in [5.41, 5.74) is 2.37. The van der Waals surface area contributed by atoms with E-state index in [0.29, 0.717) is 31.0 Å². The zero-order valence-corrected chi connectivity index (χ0v) is 16.5. The van der Waals surface area contributed by atoms with E-state index in [-0.39, 0.29) is 30.5 Å². The first-order valence-corrected chi connectivity index (χ1v) is 9.59. The largest absolute Gasteiger partial charge is 0.493 e. The first kappa shape index (κ1) is 19.2. The fourth-order valence-electron chi connectivity index (χ4n) is 4.11. The lowest BCUT2D eigenvalue weighted by Crippen LogP contribution is -2.40. The van der Waals surface area contributed by atoms with Crippen molar-refractivity contribution in [3.05, 3.63) is 53.3 Å². The van der Waals surface area contributed by atoms with Crippen molar-refractivity contribution < 1.29 is 23.5 Å². The monoisotopic (exact) mass is 398 g/mol. The van der Waals surface area contributed by atoms with E-state index >= 15 is 0 Å². The summed E-state index contributed by atoms with van der Waals surface area (Å²) in [6.45, 7) is 1.23. The lowest BCUT2D eigenvalue weighted by atomic mass is 9.97. The SMILES string of the molecule is COc1cc2c(cc1OC)CN(C(=O)[C@H]1CC(=O)N(c3ccccc3F)C1)CC2. The smallest absolute Gasteiger partial charge is 0.228 e. The Balaban J connectivity index is 1.50. The van der Waals surface area contributed by atoms with Crippen molar-refractivity contribution in [2.45, 2.75) is 19.4 Å². The Hall–Kier alpha value is -3.09. The highest BCUT2D eigenvalue weighted by molar-refractivity contribution is 6.00. The number of rotatable bonds is 4. The van der Waals surface area contributed by atoms with Crippen LogP contribution in [0.2, 0.25) is 0 Å². The van der Waals surface area contributed by atoms with E-state index in [2.05, 4.69) is 0 Å². The number of carbonyl (C=O) groups excluding carboxylic acids is 2. The second-order valence-corrected chi connectivity index (χ2v) is 7.34. The van der Waals surface area contributed by atoms with E-state index in [1.165, 1.54) is 11.0 Å². The molecule has 6 nitrogen and oxygen atoms in total. The standard InChI is InChI=1S/C22H23FN2O4/c1-28-19-9-14-7-8-24(12-15(14)10-20(19)29-2)22(27)16-11-21(26)25(13-16)18-6-4-3-5-17(18)23/h3-6,9-10,16H,7-8,11-13H2,1-2H3/t16-/m0/s1. The molecule has 1 saturated heterocycles. The highest BCUT2D eigenvalue weighted by Gasteiger charge is 2.38. The number of halogens is 1. The van der Waals surface area contributed by atoms with Crippen molar-refractivity contribution >= 4 is 17.5 Å². The zero-order valence-electron chi connectivity index (χ0n) is 16.5. The van der Waals surface area contributed by atoms with Gasteiger partial charge in [0.2, 0.25) is 11.8 Å². The van der Waals surface area contributed by atoms with Crippen LogP contribution in [0.5, 0.6) is 11.5 Å². The molecule has 0 N–H and O–H groups in total. The maximum Gasteiger partial charge on any atom is 0.228 e. The molecule has 2 aromatic rings. The van der Waals surface area contributed by atoms with Gasteiger partial charge in [0.05, 0.1) is 25.8 Å². The molecule has 0 unspecified atom stereocenters. The summed E-state index contributed by atoms with van der Waals surface area (Å²) >= 11 is 0. The van der Waals surface area contributed by atoms with Gasteiger partial charge in [-0.25, -0.2) is 4.39 Å². The van der Waals surface area contributed by atoms with Crippen molar-refractivity contribution in [2.24, 2.45) is 5.92 Å². The van der Waals surface area contributed by atoms with Crippen LogP contribution in [0.1, 0.15) is 17.5 Å². The molecule has 7 heteroatoms. The molecule has 2 amide bonds. The molecule has 1 fully saturated rings. The summed E-state index contributed by atoms with van der Waals surface area (Å²) in [6, 6.07) is 10.0. The maximum absolute atomic E-state index is 14.1. The normalized spacial score (nSPS) is 18.6. The summed E-state index contributed by atoms with van der Waals surface area (Å²) in [4.78, 5) is 28.7. The van der Waals surface area contributed by atoms with Crippen molar-refractivity contribution in [1.82, 2.24) is 4.90 Å². The topological polar surface area (TPSA) is 59.1 Å². The Labute approximate surface area is 168 Å². The summed E-state index contributed by atoms with van der Waals surface area (Å²) in [7, 11) is 3.18. The molecule has 0 aromatic heterocycles. The van der Waals surface area contributed by atoms with Gasteiger partial charge in [0.1, 0.15) is 5.82 Å². The number of anilines is 1. The van der Waals surface area contributed by atoms with Crippen LogP contribution in [0, 0.1) is 11.7 Å². The van der Waals surface area contributed by atoms with Crippen LogP contribution in [0.3, 0.4) is 0 Å². The lowest BCUT2D eigenvalue weighted by molar-refractivity contribution is -0.136. The van der Waals surface area contributed by atoms with Gasteiger partial charge in [-0.05, 0) is 41.8 Å². The number of benzene rings is 2. The number of amides is 2. The molecule has 0 aliphatic carbocycles. The minimum absolute atomic E-state index is 0.0716. The highest BCUT2D eigenvalue weighted by atomic mass is 19.1. The van der Waals surface area contributed by atoms with Crippen molar-refractivity contribution in [3.8, 4) is 11.5 Å². The van der Waals surface area contributed by atoms with Crippen molar-refractivity contribution in [3.63, 3.8) is 0 Å². The number of hydrogen-bond donors (Lipinski definition) is 0. The zero-order chi connectivity index (χ0) is 20.5. The molecule has 0 saturated carbocycles. The maximum atomic E-state index is 14.1. The second-order valence-electron chi connectivity index (χ2n) is 7.34. The van der Waals surface area contributed by atoms with Gasteiger partial charge in [-0.2, -0.15) is 0 Å². The van der Waals surface area contributed by atoms with Gasteiger partial charge in [0.15, 0.2) is 11.5 Å². The molecular weight excluding hydrogens is 375 g/mol. The van der Waals surface area contributed by atoms with Gasteiger partial charge < -0.3 is 19.3 Å². The number of hydrogen-bond acceptors (Lipinski definition) is 4. The van der Waals surface area contributed by atoms with E-state index in [1.54, 1.807) is 37.3 Å². The molecule has 29 heavy (non-hydrogen) atoms. The van der Waals surface area contributed by atoms with Crippen molar-refractivity contribution in [2.75, 3.05) is 32.2 Å². The van der Waals surface area contributed by atoms with Crippen LogP contribution in [-0.4, -0.2) is 44.0 Å². The molecule has 0 spiro atoms. The molecule has 2 aliphatic rings. The van der Waals surface area contributed by atoms with E-state index < -0.39 is 11.7 Å². The summed E-state index contributed by atoms with van der Waals surface area (Å²) in [5, 5.41) is 0. The second kappa shape index (κ2) is 7.73. The van der Waals surface area contributed by atoms with Gasteiger partial charge >= 0.3 is 0 Å². The van der Waals surface area contributed by atoms with Gasteiger partial charge in [-0.3, -0.25) is 9.59 Å². The van der Waals surface area contributed by atoms with E-state index in [0.717, 1.165) is 11.1 Å². The van der Waals surface area contributed by atoms with E-state index in [9.17, 15) is 14.0 Å². The van der Waals surface area contributed by atoms with Crippen LogP contribution >= 0.6 is 0 Å². The van der Waals surface area contributed by atoms with Crippen LogP contribution in [0.4, 0.5) is 10.1 Å². The van der Waals surface area contributed by atoms with Gasteiger partial charge in [0, 0.05) is 26.1 Å². The quantitative estimate of drug-likeness (QED) is 0.795. The third kappa shape index (κ3) is 3.52. The number of ether oxygens (including phenoxy) is 2. The van der Waals surface area contributed by atoms with E-state index in [1.807, 2.05) is 12.1 Å². The number of para-hydroxylation sites is 1. The Morgan fingerprint density at radius 2 is 1.79 bits per heavy atom. The fraction of sp³-hybridized carbons (Fsp3) is 0.364. The number of carbonyl (C=O) groups is 2. The summed E-state index contributed by atoms with van der Waals surface area (Å²) in [5.74, 6) is 0.0795. The molecule has 0 radical (unpaired) electrons. The number of fused-ring (bicyclic) bond motifs is 1. The van der Waals surface area contributed by atoms with Crippen LogP contribution in [0.15, 0.2) is 36.4 Å². The third-order valence-electron chi connectivity index (χ3n) is 5.65. The summed E-state index contributed by atoms with van der Waals surface area (Å²) in [6.07, 6.45) is 0.807. The molecular formula is C22H23FN2O4. The van der Waals surface area contributed by atoms with Crippen LogP contribution < -0.4 is 14.4 Å². The predicted octanol–water partition coefficient (Wildman–Crippen LogP) is 2.78. The number of nitrogens with zero attached hydrogens (tertiary/aromatic N) is 2. The van der Waals surface area contributed by atoms with Gasteiger partial charge in [-0.15, -0.1) is 0 Å². The Morgan fingerprint density at radius 1 is 1.10 bits per heavy atom. The highest BCUT2D eigenvalue weighted by Crippen LogP contribution is 2.34. The first-order chi connectivity index (χ1) is 14.0. The molecule has 2 heterocycles. The average molecular weight is 398 g/mol. The Bertz CT molecular complexity index is 962. The molecule has 1 atom stereocenters. The van der Waals surface area contributed by atoms with Crippen molar-refractivity contribution in [1.29, 1.82) is 0 Å². The molecule has 4 rings (SSSR count).